The van der Waals surface area contributed by atoms with Gasteiger partial charge >= 0.3 is 0 Å². The highest BCUT2D eigenvalue weighted by molar-refractivity contribution is 7.22. The molecule has 0 saturated heterocycles. The minimum atomic E-state index is 0.816. The average molecular weight is 282 g/mol. The summed E-state index contributed by atoms with van der Waals surface area (Å²) in [4.78, 5) is 4.55. The Hall–Kier alpha value is -2.40. The first-order valence-corrected chi connectivity index (χ1v) is 7.05. The van der Waals surface area contributed by atoms with E-state index in [1.165, 1.54) is 4.70 Å². The summed E-state index contributed by atoms with van der Waals surface area (Å²) in [7, 11) is 0. The third-order valence-corrected chi connectivity index (χ3v) is 3.99. The number of para-hydroxylation sites is 1. The smallest absolute Gasteiger partial charge is 0.188 e. The van der Waals surface area contributed by atoms with E-state index in [1.807, 2.05) is 49.4 Å². The number of anilines is 2. The van der Waals surface area contributed by atoms with Crippen molar-refractivity contribution in [1.29, 1.82) is 0 Å². The molecule has 3 N–H and O–H groups in total. The number of nitrogens with zero attached hydrogens (tertiary/aromatic N) is 2. The molecule has 100 valence electrons. The van der Waals surface area contributed by atoms with Crippen LogP contribution in [0.5, 0.6) is 0 Å². The summed E-state index contributed by atoms with van der Waals surface area (Å²) in [5, 5.41) is 7.89. The van der Waals surface area contributed by atoms with Crippen molar-refractivity contribution in [3.8, 4) is 0 Å². The molecule has 20 heavy (non-hydrogen) atoms. The number of aromatic nitrogens is 1. The van der Waals surface area contributed by atoms with E-state index in [9.17, 15) is 0 Å². The molecule has 3 rings (SSSR count). The average Bonchev–Trinajstić information content (AvgIpc) is 2.89. The zero-order chi connectivity index (χ0) is 13.9. The van der Waals surface area contributed by atoms with E-state index < -0.39 is 0 Å². The second-order valence-corrected chi connectivity index (χ2v) is 5.43. The van der Waals surface area contributed by atoms with Crippen LogP contribution in [0.25, 0.3) is 10.2 Å². The third kappa shape index (κ3) is 2.48. The lowest BCUT2D eigenvalue weighted by Gasteiger charge is -2.04. The van der Waals surface area contributed by atoms with E-state index in [4.69, 9.17) is 5.84 Å². The van der Waals surface area contributed by atoms with Gasteiger partial charge in [-0.1, -0.05) is 35.6 Å². The number of fused-ring (bicyclic) bond motifs is 1. The van der Waals surface area contributed by atoms with Gasteiger partial charge in [-0.15, -0.1) is 0 Å². The predicted octanol–water partition coefficient (Wildman–Crippen LogP) is 3.72. The fraction of sp³-hybridized carbons (Fsp3) is 0.0667. The van der Waals surface area contributed by atoms with Gasteiger partial charge in [0.1, 0.15) is 0 Å². The summed E-state index contributed by atoms with van der Waals surface area (Å²) in [5.41, 5.74) is 3.85. The van der Waals surface area contributed by atoms with Gasteiger partial charge < -0.3 is 11.2 Å². The molecule has 0 aliphatic carbocycles. The molecule has 4 nitrogen and oxygen atoms in total. The topological polar surface area (TPSA) is 63.3 Å². The van der Waals surface area contributed by atoms with Crippen molar-refractivity contribution in [3.63, 3.8) is 0 Å². The number of thiazole rings is 1. The molecular weight excluding hydrogens is 268 g/mol. The van der Waals surface area contributed by atoms with Crippen LogP contribution in [0.4, 0.5) is 10.8 Å². The first kappa shape index (κ1) is 12.6. The summed E-state index contributed by atoms with van der Waals surface area (Å²) < 4.78 is 1.18. The van der Waals surface area contributed by atoms with Crippen molar-refractivity contribution in [1.82, 2.24) is 4.98 Å². The van der Waals surface area contributed by atoms with Gasteiger partial charge in [-0.05, 0) is 36.8 Å². The highest BCUT2D eigenvalue weighted by atomic mass is 32.1. The monoisotopic (exact) mass is 282 g/mol. The quantitative estimate of drug-likeness (QED) is 0.437. The molecule has 0 aliphatic rings. The maximum absolute atomic E-state index is 5.27. The number of hydrazone groups is 1. The van der Waals surface area contributed by atoms with Gasteiger partial charge in [0, 0.05) is 5.69 Å². The molecule has 2 aromatic carbocycles. The Morgan fingerprint density at radius 2 is 1.90 bits per heavy atom. The van der Waals surface area contributed by atoms with Gasteiger partial charge in [-0.2, -0.15) is 5.10 Å². The Bertz CT molecular complexity index is 726. The zero-order valence-electron chi connectivity index (χ0n) is 11.0. The molecule has 0 atom stereocenters. The van der Waals surface area contributed by atoms with Gasteiger partial charge in [0.15, 0.2) is 5.13 Å². The summed E-state index contributed by atoms with van der Waals surface area (Å²) in [6.07, 6.45) is 0. The van der Waals surface area contributed by atoms with Crippen molar-refractivity contribution in [2.75, 3.05) is 5.32 Å². The van der Waals surface area contributed by atoms with Crippen LogP contribution in [0.3, 0.4) is 0 Å². The molecule has 0 aliphatic heterocycles. The largest absolute Gasteiger partial charge is 0.332 e. The summed E-state index contributed by atoms with van der Waals surface area (Å²) in [6.45, 7) is 1.88. The maximum atomic E-state index is 5.27. The highest BCUT2D eigenvalue weighted by Gasteiger charge is 2.03. The first-order chi connectivity index (χ1) is 9.76. The van der Waals surface area contributed by atoms with Gasteiger partial charge in [-0.25, -0.2) is 4.98 Å². The van der Waals surface area contributed by atoms with Crippen LogP contribution in [0.15, 0.2) is 53.6 Å². The van der Waals surface area contributed by atoms with E-state index in [-0.39, 0.29) is 0 Å². The third-order valence-electron chi connectivity index (χ3n) is 3.04. The second kappa shape index (κ2) is 5.30. The lowest BCUT2D eigenvalue weighted by atomic mass is 10.1. The van der Waals surface area contributed by atoms with E-state index in [2.05, 4.69) is 21.5 Å². The van der Waals surface area contributed by atoms with Gasteiger partial charge in [0.2, 0.25) is 0 Å². The summed E-state index contributed by atoms with van der Waals surface area (Å²) in [6, 6.07) is 16.1. The molecule has 0 bridgehead atoms. The Morgan fingerprint density at radius 1 is 1.15 bits per heavy atom. The second-order valence-electron chi connectivity index (χ2n) is 4.40. The maximum Gasteiger partial charge on any atom is 0.188 e. The van der Waals surface area contributed by atoms with Crippen molar-refractivity contribution < 1.29 is 0 Å². The normalized spacial score (nSPS) is 11.8. The molecule has 0 amide bonds. The minimum absolute atomic E-state index is 0.816. The van der Waals surface area contributed by atoms with Gasteiger partial charge in [0.05, 0.1) is 15.9 Å². The lowest BCUT2D eigenvalue weighted by Crippen LogP contribution is -1.98. The van der Waals surface area contributed by atoms with Crippen LogP contribution in [-0.2, 0) is 0 Å². The number of hydrogen-bond acceptors (Lipinski definition) is 5. The van der Waals surface area contributed by atoms with Crippen LogP contribution in [0.2, 0.25) is 0 Å². The van der Waals surface area contributed by atoms with E-state index >= 15 is 0 Å². The van der Waals surface area contributed by atoms with Crippen LogP contribution in [-0.4, -0.2) is 10.7 Å². The Labute approximate surface area is 121 Å². The van der Waals surface area contributed by atoms with Crippen molar-refractivity contribution in [3.05, 3.63) is 54.1 Å². The summed E-state index contributed by atoms with van der Waals surface area (Å²) >= 11 is 1.64. The molecule has 1 heterocycles. The van der Waals surface area contributed by atoms with Crippen LogP contribution in [0, 0.1) is 0 Å². The van der Waals surface area contributed by atoms with Crippen molar-refractivity contribution in [2.45, 2.75) is 6.92 Å². The number of rotatable bonds is 3. The Morgan fingerprint density at radius 3 is 2.60 bits per heavy atom. The first-order valence-electron chi connectivity index (χ1n) is 6.24. The fourth-order valence-electron chi connectivity index (χ4n) is 1.92. The number of benzene rings is 2. The Balaban J connectivity index is 1.83. The number of nitrogens with one attached hydrogen (secondary N) is 1. The molecule has 1 aromatic heterocycles. The van der Waals surface area contributed by atoms with Crippen LogP contribution in [0.1, 0.15) is 12.5 Å². The number of nitrogens with two attached hydrogens (primary N) is 1. The zero-order valence-corrected chi connectivity index (χ0v) is 11.8. The standard InChI is InChI=1S/C15H14N4S/c1-10(19-16)11-6-8-12(9-7-11)17-15-18-13-4-2-3-5-14(13)20-15/h2-9H,16H2,1H3,(H,17,18)/b19-10-. The molecule has 5 heteroatoms. The molecule has 0 spiro atoms. The molecular formula is C15H14N4S. The van der Waals surface area contributed by atoms with Crippen LogP contribution < -0.4 is 11.2 Å². The van der Waals surface area contributed by atoms with E-state index in [0.717, 1.165) is 27.6 Å². The van der Waals surface area contributed by atoms with Crippen molar-refractivity contribution >= 4 is 38.1 Å². The van der Waals surface area contributed by atoms with Gasteiger partial charge in [-0.3, -0.25) is 0 Å². The fourth-order valence-corrected chi connectivity index (χ4v) is 2.80. The van der Waals surface area contributed by atoms with Crippen LogP contribution >= 0.6 is 11.3 Å². The van der Waals surface area contributed by atoms with Gasteiger partial charge in [0.25, 0.3) is 0 Å². The highest BCUT2D eigenvalue weighted by Crippen LogP contribution is 2.28. The SMILES string of the molecule is C/C(=N/N)c1ccc(Nc2nc3ccccc3s2)cc1. The molecule has 0 radical (unpaired) electrons. The summed E-state index contributed by atoms with van der Waals surface area (Å²) in [5.74, 6) is 5.27. The Kier molecular flexibility index (Phi) is 3.35. The molecule has 0 unspecified atom stereocenters. The van der Waals surface area contributed by atoms with Crippen molar-refractivity contribution in [2.24, 2.45) is 10.9 Å². The van der Waals surface area contributed by atoms with E-state index in [1.54, 1.807) is 11.3 Å². The molecule has 0 saturated carbocycles. The minimum Gasteiger partial charge on any atom is -0.332 e. The lowest BCUT2D eigenvalue weighted by molar-refractivity contribution is 1.24. The molecule has 0 fully saturated rings. The van der Waals surface area contributed by atoms with E-state index in [0.29, 0.717) is 0 Å². The predicted molar refractivity (Wildman–Crippen MR) is 85.7 cm³/mol. The number of hydrogen-bond donors (Lipinski definition) is 2. The molecule has 3 aromatic rings.